The molecule has 6 aromatic carbocycles. The summed E-state index contributed by atoms with van der Waals surface area (Å²) in [7, 11) is 2.47. The second kappa shape index (κ2) is 12.8. The summed E-state index contributed by atoms with van der Waals surface area (Å²) in [6.07, 6.45) is 7.47. The highest BCUT2D eigenvalue weighted by Crippen LogP contribution is 2.53. The molecule has 0 saturated carbocycles. The molecule has 1 aliphatic carbocycles. The molecule has 53 heavy (non-hydrogen) atoms. The van der Waals surface area contributed by atoms with Crippen LogP contribution in [0, 0.1) is 6.92 Å². The van der Waals surface area contributed by atoms with Crippen LogP contribution >= 0.6 is 0 Å². The number of fused-ring (bicyclic) bond motifs is 5. The van der Waals surface area contributed by atoms with Gasteiger partial charge in [0.25, 0.3) is 0 Å². The Hall–Kier alpha value is -5.02. The average molecular weight is 690 g/mol. The van der Waals surface area contributed by atoms with Gasteiger partial charge < -0.3 is 10.2 Å². The number of nitrogens with one attached hydrogen (secondary N) is 1. The number of para-hydroxylation sites is 3. The number of hydrogen-bond donors (Lipinski definition) is 1. The standard InChI is InChI=1S/C50H50BN2/c1-7-18-33-19-12-14-24-38(33)49(3,4)41-31-43(52-35-21-9-8-10-22-35)37(29-32(41)2)46-36-23-13-11-20-34(36)30-45-47(46)51-42-27-17-26-40-48(42)53(45)44-28-16-15-25-39(44)50(40,5)6/h8-11,13,15-17,20-23,25-31,52H,7,12,14,18-19,24H2,1-6H3. The molecule has 3 heteroatoms. The van der Waals surface area contributed by atoms with E-state index in [1.807, 2.05) is 0 Å². The third kappa shape index (κ3) is 5.38. The Labute approximate surface area is 317 Å². The van der Waals surface area contributed by atoms with Crippen LogP contribution in [0.5, 0.6) is 0 Å². The highest BCUT2D eigenvalue weighted by atomic mass is 15.2. The van der Waals surface area contributed by atoms with Gasteiger partial charge in [0, 0.05) is 39.1 Å². The number of allylic oxidation sites excluding steroid dienone is 2. The first-order valence-electron chi connectivity index (χ1n) is 19.8. The molecule has 263 valence electrons. The number of rotatable bonds is 7. The quantitative estimate of drug-likeness (QED) is 0.132. The average Bonchev–Trinajstić information content (AvgIpc) is 3.17. The lowest BCUT2D eigenvalue weighted by Crippen LogP contribution is -2.45. The first-order chi connectivity index (χ1) is 25.7. The number of hydrogen-bond acceptors (Lipinski definition) is 2. The van der Waals surface area contributed by atoms with Gasteiger partial charge in [-0.05, 0) is 119 Å². The minimum absolute atomic E-state index is 0.0649. The molecule has 0 unspecified atom stereocenters. The van der Waals surface area contributed by atoms with Crippen LogP contribution in [0.4, 0.5) is 28.4 Å². The van der Waals surface area contributed by atoms with E-state index in [4.69, 9.17) is 0 Å². The van der Waals surface area contributed by atoms with Crippen molar-refractivity contribution >= 4 is 57.4 Å². The highest BCUT2D eigenvalue weighted by Gasteiger charge is 2.41. The van der Waals surface area contributed by atoms with Gasteiger partial charge >= 0.3 is 0 Å². The van der Waals surface area contributed by atoms with Gasteiger partial charge in [-0.25, -0.2) is 0 Å². The third-order valence-electron chi connectivity index (χ3n) is 12.6. The fourth-order valence-electron chi connectivity index (χ4n) is 10.1. The van der Waals surface area contributed by atoms with Crippen molar-refractivity contribution in [3.05, 3.63) is 149 Å². The fourth-order valence-corrected chi connectivity index (χ4v) is 10.1. The SMILES string of the molecule is CCCC1=C(C(C)(C)c2cc(Nc3ccccc3)c(-c3c4c(cc5ccccc35)N3c5ccccc5C(C)(C)c5cccc(c53)[B]4)cc2C)CCCC1. The van der Waals surface area contributed by atoms with Crippen molar-refractivity contribution < 1.29 is 0 Å². The zero-order valence-electron chi connectivity index (χ0n) is 32.2. The first-order valence-corrected chi connectivity index (χ1v) is 19.8. The summed E-state index contributed by atoms with van der Waals surface area (Å²) in [6, 6.07) is 43.1. The summed E-state index contributed by atoms with van der Waals surface area (Å²) in [5.74, 6) is 0. The largest absolute Gasteiger partial charge is 0.355 e. The number of nitrogens with zero attached hydrogens (tertiary/aromatic N) is 1. The summed E-state index contributed by atoms with van der Waals surface area (Å²) in [5, 5.41) is 6.49. The maximum atomic E-state index is 3.97. The van der Waals surface area contributed by atoms with Gasteiger partial charge in [0.2, 0.25) is 0 Å². The van der Waals surface area contributed by atoms with Crippen LogP contribution in [-0.2, 0) is 10.8 Å². The van der Waals surface area contributed by atoms with Crippen molar-refractivity contribution in [3.63, 3.8) is 0 Å². The van der Waals surface area contributed by atoms with Crippen molar-refractivity contribution in [1.29, 1.82) is 0 Å². The van der Waals surface area contributed by atoms with E-state index in [1.165, 1.54) is 111 Å². The highest BCUT2D eigenvalue weighted by molar-refractivity contribution is 6.74. The van der Waals surface area contributed by atoms with Gasteiger partial charge in [-0.1, -0.05) is 137 Å². The molecule has 0 bridgehead atoms. The van der Waals surface area contributed by atoms with Crippen LogP contribution in [0.1, 0.15) is 95.4 Å². The number of anilines is 5. The summed E-state index contributed by atoms with van der Waals surface area (Å²) in [5.41, 5.74) is 19.8. The second-order valence-electron chi connectivity index (χ2n) is 16.6. The number of benzene rings is 6. The molecule has 3 aliphatic rings. The van der Waals surface area contributed by atoms with Gasteiger partial charge in [-0.2, -0.15) is 0 Å². The predicted octanol–water partition coefficient (Wildman–Crippen LogP) is 12.6. The van der Waals surface area contributed by atoms with Crippen LogP contribution in [0.2, 0.25) is 0 Å². The van der Waals surface area contributed by atoms with Gasteiger partial charge in [-0.15, -0.1) is 0 Å². The Morgan fingerprint density at radius 2 is 1.51 bits per heavy atom. The lowest BCUT2D eigenvalue weighted by Gasteiger charge is -2.46. The molecule has 2 nitrogen and oxygen atoms in total. The Kier molecular flexibility index (Phi) is 8.18. The van der Waals surface area contributed by atoms with E-state index < -0.39 is 0 Å². The molecule has 0 atom stereocenters. The molecule has 1 radical (unpaired) electrons. The molecule has 9 rings (SSSR count). The fraction of sp³-hybridized carbons (Fsp3) is 0.280. The van der Waals surface area contributed by atoms with Crippen molar-refractivity contribution in [2.75, 3.05) is 10.2 Å². The van der Waals surface area contributed by atoms with E-state index in [1.54, 1.807) is 11.1 Å². The van der Waals surface area contributed by atoms with Gasteiger partial charge in [0.05, 0.1) is 5.69 Å². The van der Waals surface area contributed by atoms with E-state index in [0.717, 1.165) is 11.4 Å². The third-order valence-corrected chi connectivity index (χ3v) is 12.6. The molecule has 2 heterocycles. The molecule has 1 N–H and O–H groups in total. The zero-order valence-corrected chi connectivity index (χ0v) is 32.2. The number of aryl methyl sites for hydroxylation is 1. The van der Waals surface area contributed by atoms with Crippen LogP contribution < -0.4 is 21.1 Å². The first kappa shape index (κ1) is 33.8. The van der Waals surface area contributed by atoms with E-state index >= 15 is 0 Å². The molecular weight excluding hydrogens is 639 g/mol. The van der Waals surface area contributed by atoms with Crippen LogP contribution in [0.15, 0.2) is 126 Å². The Bertz CT molecular complexity index is 2430. The molecule has 0 spiro atoms. The normalized spacial score (nSPS) is 15.8. The van der Waals surface area contributed by atoms with Crippen LogP contribution in [-0.4, -0.2) is 7.28 Å². The minimum atomic E-state index is -0.110. The predicted molar refractivity (Wildman–Crippen MR) is 229 cm³/mol. The van der Waals surface area contributed by atoms with Crippen molar-refractivity contribution in [2.24, 2.45) is 0 Å². The van der Waals surface area contributed by atoms with E-state index in [-0.39, 0.29) is 10.8 Å². The smallest absolute Gasteiger partial charge is 0.197 e. The summed E-state index contributed by atoms with van der Waals surface area (Å²) in [4.78, 5) is 2.57. The van der Waals surface area contributed by atoms with Gasteiger partial charge in [0.15, 0.2) is 7.28 Å². The molecular formula is C50H50BN2. The Morgan fingerprint density at radius 3 is 2.34 bits per heavy atom. The summed E-state index contributed by atoms with van der Waals surface area (Å²) < 4.78 is 0. The summed E-state index contributed by atoms with van der Waals surface area (Å²) >= 11 is 0. The lowest BCUT2D eigenvalue weighted by atomic mass is 9.55. The zero-order chi connectivity index (χ0) is 36.5. The van der Waals surface area contributed by atoms with Crippen molar-refractivity contribution in [3.8, 4) is 11.1 Å². The maximum absolute atomic E-state index is 3.97. The van der Waals surface area contributed by atoms with Crippen LogP contribution in [0.25, 0.3) is 21.9 Å². The minimum Gasteiger partial charge on any atom is -0.355 e. The van der Waals surface area contributed by atoms with Gasteiger partial charge in [0.1, 0.15) is 0 Å². The van der Waals surface area contributed by atoms with Crippen LogP contribution in [0.3, 0.4) is 0 Å². The van der Waals surface area contributed by atoms with Crippen molar-refractivity contribution in [2.45, 2.75) is 90.9 Å². The van der Waals surface area contributed by atoms with E-state index in [9.17, 15) is 0 Å². The molecule has 6 aromatic rings. The van der Waals surface area contributed by atoms with Crippen molar-refractivity contribution in [1.82, 2.24) is 0 Å². The Morgan fingerprint density at radius 1 is 0.774 bits per heavy atom. The maximum Gasteiger partial charge on any atom is 0.197 e. The molecule has 0 aromatic heterocycles. The van der Waals surface area contributed by atoms with E-state index in [2.05, 4.69) is 174 Å². The lowest BCUT2D eigenvalue weighted by molar-refractivity contribution is 0.521. The topological polar surface area (TPSA) is 15.3 Å². The molecule has 0 amide bonds. The second-order valence-corrected chi connectivity index (χ2v) is 16.6. The monoisotopic (exact) mass is 689 g/mol. The van der Waals surface area contributed by atoms with Gasteiger partial charge in [-0.3, -0.25) is 0 Å². The summed E-state index contributed by atoms with van der Waals surface area (Å²) in [6.45, 7) is 14.4. The molecule has 0 fully saturated rings. The van der Waals surface area contributed by atoms with E-state index in [0.29, 0.717) is 0 Å². The molecule has 2 aliphatic heterocycles. The molecule has 0 saturated heterocycles. The Balaban J connectivity index is 1.32.